The Labute approximate surface area is 113 Å². The van der Waals surface area contributed by atoms with Gasteiger partial charge in [0.05, 0.1) is 19.1 Å². The first-order valence-electron chi connectivity index (χ1n) is 4.19. The molecule has 0 bridgehead atoms. The lowest BCUT2D eigenvalue weighted by Gasteiger charge is -2.09. The van der Waals surface area contributed by atoms with Crippen LogP contribution in [0.25, 0.3) is 0 Å². The van der Waals surface area contributed by atoms with Gasteiger partial charge in [-0.15, -0.1) is 0 Å². The Bertz CT molecular complexity index is 403. The van der Waals surface area contributed by atoms with E-state index in [1.807, 2.05) is 6.07 Å². The third-order valence-electron chi connectivity index (χ3n) is 1.72. The largest absolute Gasteiger partial charge is 0.497 e. The first-order chi connectivity index (χ1) is 7.58. The van der Waals surface area contributed by atoms with Gasteiger partial charge in [0.25, 0.3) is 0 Å². The van der Waals surface area contributed by atoms with Crippen LogP contribution in [0.1, 0.15) is 0 Å². The van der Waals surface area contributed by atoms with Gasteiger partial charge in [0, 0.05) is 6.07 Å². The van der Waals surface area contributed by atoms with Crippen LogP contribution < -0.4 is 9.47 Å². The highest BCUT2D eigenvalue weighted by Gasteiger charge is 2.09. The van der Waals surface area contributed by atoms with Crippen LogP contribution in [-0.4, -0.2) is 14.2 Å². The fraction of sp³-hybridized carbons (Fsp3) is 0.200. The summed E-state index contributed by atoms with van der Waals surface area (Å²) in [5.74, 6) is 1.36. The molecule has 0 fully saturated rings. The molecule has 6 heteroatoms. The SMILES string of the molecule is COc1ccc(SC(Cl)=C(Cl)Cl)c(OC)c1. The van der Waals surface area contributed by atoms with Crippen molar-refractivity contribution >= 4 is 46.6 Å². The Morgan fingerprint density at radius 2 is 1.81 bits per heavy atom. The number of hydrogen-bond donors (Lipinski definition) is 0. The third-order valence-corrected chi connectivity index (χ3v) is 3.88. The van der Waals surface area contributed by atoms with Crippen LogP contribution in [0.5, 0.6) is 11.5 Å². The van der Waals surface area contributed by atoms with Crippen molar-refractivity contribution in [2.75, 3.05) is 14.2 Å². The number of thioether (sulfide) groups is 1. The monoisotopic (exact) mass is 298 g/mol. The first kappa shape index (κ1) is 13.8. The summed E-state index contributed by atoms with van der Waals surface area (Å²) in [5, 5.41) is 0. The minimum absolute atomic E-state index is 0.0320. The average Bonchev–Trinajstić information content (AvgIpc) is 2.29. The van der Waals surface area contributed by atoms with E-state index in [4.69, 9.17) is 44.3 Å². The lowest BCUT2D eigenvalue weighted by molar-refractivity contribution is 0.387. The van der Waals surface area contributed by atoms with Gasteiger partial charge in [0.15, 0.2) is 0 Å². The summed E-state index contributed by atoms with van der Waals surface area (Å²) in [6.45, 7) is 0. The number of methoxy groups -OCH3 is 2. The van der Waals surface area contributed by atoms with E-state index in [-0.39, 0.29) is 4.49 Å². The maximum Gasteiger partial charge on any atom is 0.136 e. The molecule has 1 aromatic carbocycles. The Morgan fingerprint density at radius 3 is 2.31 bits per heavy atom. The summed E-state index contributed by atoms with van der Waals surface area (Å²) in [4.78, 5) is 0.812. The van der Waals surface area contributed by atoms with Crippen LogP contribution in [0.15, 0.2) is 32.0 Å². The van der Waals surface area contributed by atoms with Gasteiger partial charge in [-0.25, -0.2) is 0 Å². The second kappa shape index (κ2) is 6.50. The van der Waals surface area contributed by atoms with Crippen molar-refractivity contribution in [1.82, 2.24) is 0 Å². The molecule has 0 aliphatic heterocycles. The van der Waals surface area contributed by atoms with Gasteiger partial charge in [-0.2, -0.15) is 0 Å². The summed E-state index contributed by atoms with van der Waals surface area (Å²) in [5.41, 5.74) is 0. The van der Waals surface area contributed by atoms with E-state index in [0.717, 1.165) is 4.90 Å². The Kier molecular flexibility index (Phi) is 5.62. The standard InChI is InChI=1S/C10H9Cl3O2S/c1-14-6-3-4-8(7(5-6)15-2)16-10(13)9(11)12/h3-5H,1-2H3. The number of rotatable bonds is 4. The molecule has 0 saturated heterocycles. The van der Waals surface area contributed by atoms with Crippen LogP contribution in [0, 0.1) is 0 Å². The van der Waals surface area contributed by atoms with E-state index >= 15 is 0 Å². The number of ether oxygens (including phenoxy) is 2. The Morgan fingerprint density at radius 1 is 1.12 bits per heavy atom. The minimum atomic E-state index is 0.0320. The molecule has 0 N–H and O–H groups in total. The summed E-state index contributed by atoms with van der Waals surface area (Å²) in [6.07, 6.45) is 0. The van der Waals surface area contributed by atoms with Crippen molar-refractivity contribution in [2.24, 2.45) is 0 Å². The quantitative estimate of drug-likeness (QED) is 0.755. The molecular formula is C10H9Cl3O2S. The zero-order valence-corrected chi connectivity index (χ0v) is 11.7. The van der Waals surface area contributed by atoms with E-state index in [1.54, 1.807) is 26.4 Å². The van der Waals surface area contributed by atoms with Gasteiger partial charge in [0.1, 0.15) is 20.4 Å². The number of hydrogen-bond acceptors (Lipinski definition) is 3. The molecule has 0 heterocycles. The van der Waals surface area contributed by atoms with Crippen LogP contribution in [-0.2, 0) is 0 Å². The molecule has 0 radical (unpaired) electrons. The normalized spacial score (nSPS) is 9.81. The summed E-state index contributed by atoms with van der Waals surface area (Å²) >= 11 is 18.2. The minimum Gasteiger partial charge on any atom is -0.497 e. The zero-order chi connectivity index (χ0) is 12.1. The number of halogens is 3. The molecule has 0 aromatic heterocycles. The van der Waals surface area contributed by atoms with Crippen LogP contribution in [0.4, 0.5) is 0 Å². The molecule has 0 atom stereocenters. The summed E-state index contributed by atoms with van der Waals surface area (Å²) < 4.78 is 10.6. The summed E-state index contributed by atoms with van der Waals surface area (Å²) in [6, 6.07) is 5.38. The molecule has 1 aromatic rings. The maximum atomic E-state index is 5.84. The Balaban J connectivity index is 3.01. The van der Waals surface area contributed by atoms with Gasteiger partial charge in [0.2, 0.25) is 0 Å². The van der Waals surface area contributed by atoms with Crippen molar-refractivity contribution in [3.05, 3.63) is 27.1 Å². The van der Waals surface area contributed by atoms with Crippen LogP contribution in [0.3, 0.4) is 0 Å². The zero-order valence-electron chi connectivity index (χ0n) is 8.59. The fourth-order valence-corrected chi connectivity index (χ4v) is 2.12. The van der Waals surface area contributed by atoms with E-state index < -0.39 is 0 Å². The van der Waals surface area contributed by atoms with E-state index in [9.17, 15) is 0 Å². The average molecular weight is 300 g/mol. The smallest absolute Gasteiger partial charge is 0.136 e. The molecule has 2 nitrogen and oxygen atoms in total. The van der Waals surface area contributed by atoms with E-state index in [0.29, 0.717) is 15.9 Å². The molecule has 88 valence electrons. The van der Waals surface area contributed by atoms with Crippen molar-refractivity contribution in [1.29, 1.82) is 0 Å². The second-order valence-electron chi connectivity index (χ2n) is 2.65. The molecule has 1 rings (SSSR count). The molecule has 0 aliphatic rings. The molecule has 0 saturated carbocycles. The van der Waals surface area contributed by atoms with Gasteiger partial charge in [-0.05, 0) is 12.1 Å². The highest BCUT2D eigenvalue weighted by Crippen LogP contribution is 2.40. The maximum absolute atomic E-state index is 5.84. The van der Waals surface area contributed by atoms with Gasteiger partial charge < -0.3 is 9.47 Å². The fourth-order valence-electron chi connectivity index (χ4n) is 0.994. The van der Waals surface area contributed by atoms with Gasteiger partial charge in [-0.3, -0.25) is 0 Å². The molecule has 0 spiro atoms. The molecule has 0 amide bonds. The molecule has 0 unspecified atom stereocenters. The topological polar surface area (TPSA) is 18.5 Å². The molecule has 0 aliphatic carbocycles. The van der Waals surface area contributed by atoms with E-state index in [1.165, 1.54) is 11.8 Å². The van der Waals surface area contributed by atoms with Crippen molar-refractivity contribution in [2.45, 2.75) is 4.90 Å². The first-order valence-corrected chi connectivity index (χ1v) is 6.14. The Hall–Kier alpha value is -0.220. The van der Waals surface area contributed by atoms with Crippen LogP contribution in [0.2, 0.25) is 0 Å². The van der Waals surface area contributed by atoms with Crippen molar-refractivity contribution in [3.63, 3.8) is 0 Å². The number of benzene rings is 1. The van der Waals surface area contributed by atoms with Crippen molar-refractivity contribution in [3.8, 4) is 11.5 Å². The third kappa shape index (κ3) is 3.67. The van der Waals surface area contributed by atoms with Gasteiger partial charge >= 0.3 is 0 Å². The predicted molar refractivity (Wildman–Crippen MR) is 70.0 cm³/mol. The van der Waals surface area contributed by atoms with Crippen LogP contribution >= 0.6 is 46.6 Å². The van der Waals surface area contributed by atoms with Crippen molar-refractivity contribution < 1.29 is 9.47 Å². The molecular weight excluding hydrogens is 291 g/mol. The highest BCUT2D eigenvalue weighted by atomic mass is 35.5. The summed E-state index contributed by atoms with van der Waals surface area (Å²) in [7, 11) is 3.16. The predicted octanol–water partition coefficient (Wildman–Crippen LogP) is 4.64. The second-order valence-corrected chi connectivity index (χ2v) is 5.26. The van der Waals surface area contributed by atoms with E-state index in [2.05, 4.69) is 0 Å². The highest BCUT2D eigenvalue weighted by molar-refractivity contribution is 8.04. The lowest BCUT2D eigenvalue weighted by Crippen LogP contribution is -1.88. The lowest BCUT2D eigenvalue weighted by atomic mass is 10.3. The van der Waals surface area contributed by atoms with Gasteiger partial charge in [-0.1, -0.05) is 46.6 Å². The molecule has 16 heavy (non-hydrogen) atoms.